The molecule has 0 N–H and O–H groups in total. The Morgan fingerprint density at radius 3 is 2.69 bits per heavy atom. The van der Waals surface area contributed by atoms with Crippen LogP contribution in [0.3, 0.4) is 0 Å². The van der Waals surface area contributed by atoms with E-state index in [-0.39, 0.29) is 11.6 Å². The number of pyridine rings is 1. The summed E-state index contributed by atoms with van der Waals surface area (Å²) in [5.41, 5.74) is 1.50. The van der Waals surface area contributed by atoms with Crippen LogP contribution >= 0.6 is 22.7 Å². The molecule has 0 aliphatic rings. The molecular weight excluding hydrogens is 372 g/mol. The van der Waals surface area contributed by atoms with Crippen molar-refractivity contribution < 1.29 is 9.66 Å². The van der Waals surface area contributed by atoms with Crippen molar-refractivity contribution in [1.29, 1.82) is 0 Å². The Morgan fingerprint density at radius 2 is 1.96 bits per heavy atom. The van der Waals surface area contributed by atoms with Crippen LogP contribution < -0.4 is 4.74 Å². The smallest absolute Gasteiger partial charge is 0.407 e. The van der Waals surface area contributed by atoms with E-state index < -0.39 is 4.92 Å². The molecule has 0 aliphatic carbocycles. The molecule has 0 saturated heterocycles. The zero-order valence-corrected chi connectivity index (χ0v) is 15.4. The van der Waals surface area contributed by atoms with Gasteiger partial charge in [-0.3, -0.25) is 0 Å². The van der Waals surface area contributed by atoms with E-state index in [1.807, 2.05) is 22.9 Å². The van der Waals surface area contributed by atoms with Crippen molar-refractivity contribution in [1.82, 2.24) is 15.0 Å². The maximum atomic E-state index is 11.3. The number of nitrogens with zero attached hydrogens (tertiary/aromatic N) is 4. The van der Waals surface area contributed by atoms with E-state index in [1.165, 1.54) is 11.3 Å². The summed E-state index contributed by atoms with van der Waals surface area (Å²) in [5.74, 6) is 0.561. The van der Waals surface area contributed by atoms with Gasteiger partial charge in [-0.05, 0) is 40.4 Å². The van der Waals surface area contributed by atoms with Gasteiger partial charge in [-0.1, -0.05) is 6.07 Å². The minimum atomic E-state index is -0.554. The average molecular weight is 384 g/mol. The molecule has 0 spiro atoms. The van der Waals surface area contributed by atoms with Gasteiger partial charge in [-0.25, -0.2) is 4.98 Å². The Balaban J connectivity index is 1.90. The third-order valence-electron chi connectivity index (χ3n) is 3.66. The van der Waals surface area contributed by atoms with E-state index in [4.69, 9.17) is 4.74 Å². The van der Waals surface area contributed by atoms with Crippen molar-refractivity contribution in [2.45, 2.75) is 13.8 Å². The average Bonchev–Trinajstić information content (AvgIpc) is 3.25. The Morgan fingerprint density at radius 1 is 1.12 bits per heavy atom. The maximum absolute atomic E-state index is 11.3. The quantitative estimate of drug-likeness (QED) is 0.358. The Hall–Kier alpha value is -2.91. The molecule has 4 heterocycles. The molecule has 0 fully saturated rings. The zero-order valence-electron chi connectivity index (χ0n) is 13.8. The number of ether oxygens (including phenoxy) is 1. The van der Waals surface area contributed by atoms with Gasteiger partial charge in [0.1, 0.15) is 16.3 Å². The second-order valence-electron chi connectivity index (χ2n) is 5.52. The lowest BCUT2D eigenvalue weighted by Gasteiger charge is -2.08. The molecule has 0 amide bonds. The van der Waals surface area contributed by atoms with Crippen LogP contribution in [0.1, 0.15) is 11.5 Å². The molecule has 9 heteroatoms. The van der Waals surface area contributed by atoms with Crippen LogP contribution in [-0.4, -0.2) is 19.9 Å². The fourth-order valence-corrected chi connectivity index (χ4v) is 4.34. The number of nitro groups is 1. The molecule has 4 aromatic rings. The number of aromatic nitrogens is 3. The third-order valence-corrected chi connectivity index (χ3v) is 5.43. The Bertz CT molecular complexity index is 1120. The molecule has 130 valence electrons. The topological polar surface area (TPSA) is 91.0 Å². The first-order valence-electron chi connectivity index (χ1n) is 7.62. The molecule has 0 bridgehead atoms. The predicted octanol–water partition coefficient (Wildman–Crippen LogP) is 5.13. The highest BCUT2D eigenvalue weighted by atomic mass is 32.1. The van der Waals surface area contributed by atoms with E-state index in [0.717, 1.165) is 20.7 Å². The minimum absolute atomic E-state index is 0.0586. The summed E-state index contributed by atoms with van der Waals surface area (Å²) in [5, 5.41) is 16.1. The van der Waals surface area contributed by atoms with Crippen LogP contribution in [0.5, 0.6) is 11.6 Å². The van der Waals surface area contributed by atoms with Crippen molar-refractivity contribution in [2.75, 3.05) is 0 Å². The molecule has 0 unspecified atom stereocenters. The summed E-state index contributed by atoms with van der Waals surface area (Å²) in [6, 6.07) is 7.18. The van der Waals surface area contributed by atoms with Gasteiger partial charge in [0.2, 0.25) is 11.6 Å². The first-order chi connectivity index (χ1) is 12.5. The number of rotatable bonds is 4. The van der Waals surface area contributed by atoms with Gasteiger partial charge in [0, 0.05) is 22.7 Å². The maximum Gasteiger partial charge on any atom is 0.407 e. The summed E-state index contributed by atoms with van der Waals surface area (Å²) >= 11 is 3.09. The highest BCUT2D eigenvalue weighted by Crippen LogP contribution is 2.41. The van der Waals surface area contributed by atoms with Gasteiger partial charge in [-0.2, -0.15) is 4.98 Å². The van der Waals surface area contributed by atoms with Crippen molar-refractivity contribution in [2.24, 2.45) is 0 Å². The van der Waals surface area contributed by atoms with E-state index in [9.17, 15) is 10.1 Å². The van der Waals surface area contributed by atoms with Gasteiger partial charge >= 0.3 is 5.82 Å². The Labute approximate surface area is 156 Å². The molecule has 7 nitrogen and oxygen atoms in total. The SMILES string of the molecule is Cc1ccc(Oc2nc(C)nc3scc(-c4cccs4)c23)c([N+](=O)[O-])n1. The van der Waals surface area contributed by atoms with Crippen LogP contribution in [0.4, 0.5) is 5.82 Å². The first-order valence-corrected chi connectivity index (χ1v) is 9.38. The molecule has 4 rings (SSSR count). The van der Waals surface area contributed by atoms with Crippen LogP contribution in [0.2, 0.25) is 0 Å². The largest absolute Gasteiger partial charge is 0.429 e. The van der Waals surface area contributed by atoms with Gasteiger partial charge in [0.25, 0.3) is 0 Å². The van der Waals surface area contributed by atoms with Gasteiger partial charge in [0.15, 0.2) is 0 Å². The van der Waals surface area contributed by atoms with Gasteiger partial charge in [0.05, 0.1) is 5.39 Å². The lowest BCUT2D eigenvalue weighted by Crippen LogP contribution is -2.00. The lowest BCUT2D eigenvalue weighted by molar-refractivity contribution is -0.390. The van der Waals surface area contributed by atoms with Gasteiger partial charge in [-0.15, -0.1) is 22.7 Å². The van der Waals surface area contributed by atoms with Crippen LogP contribution in [-0.2, 0) is 0 Å². The standard InChI is InChI=1S/C17H12N4O3S2/c1-9-5-6-12(15(18-9)21(22)23)24-16-14-11(13-4-3-7-25-13)8-26-17(14)20-10(2)19-16/h3-8H,1-2H3. The summed E-state index contributed by atoms with van der Waals surface area (Å²) in [6.07, 6.45) is 0. The van der Waals surface area contributed by atoms with Crippen LogP contribution in [0.25, 0.3) is 20.7 Å². The number of aryl methyl sites for hydroxylation is 2. The molecule has 26 heavy (non-hydrogen) atoms. The van der Waals surface area contributed by atoms with E-state index in [0.29, 0.717) is 17.4 Å². The second kappa shape index (κ2) is 6.43. The van der Waals surface area contributed by atoms with Crippen LogP contribution in [0.15, 0.2) is 35.0 Å². The van der Waals surface area contributed by atoms with Crippen LogP contribution in [0, 0.1) is 24.0 Å². The van der Waals surface area contributed by atoms with E-state index in [1.54, 1.807) is 37.3 Å². The zero-order chi connectivity index (χ0) is 18.3. The minimum Gasteiger partial charge on any atom is -0.429 e. The third kappa shape index (κ3) is 2.91. The van der Waals surface area contributed by atoms with Crippen molar-refractivity contribution in [3.63, 3.8) is 0 Å². The van der Waals surface area contributed by atoms with Gasteiger partial charge < -0.3 is 14.9 Å². The lowest BCUT2D eigenvalue weighted by atomic mass is 10.2. The fraction of sp³-hybridized carbons (Fsp3) is 0.118. The number of hydrogen-bond acceptors (Lipinski definition) is 8. The van der Waals surface area contributed by atoms with Crippen molar-refractivity contribution in [3.8, 4) is 22.1 Å². The molecular formula is C17H12N4O3S2. The highest BCUT2D eigenvalue weighted by Gasteiger charge is 2.22. The van der Waals surface area contributed by atoms with E-state index in [2.05, 4.69) is 15.0 Å². The number of hydrogen-bond donors (Lipinski definition) is 0. The summed E-state index contributed by atoms with van der Waals surface area (Å²) in [6.45, 7) is 3.45. The summed E-state index contributed by atoms with van der Waals surface area (Å²) in [4.78, 5) is 25.4. The molecule has 0 radical (unpaired) electrons. The number of fused-ring (bicyclic) bond motifs is 1. The monoisotopic (exact) mass is 384 g/mol. The van der Waals surface area contributed by atoms with Crippen molar-refractivity contribution >= 4 is 38.7 Å². The second-order valence-corrected chi connectivity index (χ2v) is 7.32. The first kappa shape index (κ1) is 16.6. The van der Waals surface area contributed by atoms with Crippen molar-refractivity contribution in [3.05, 3.63) is 56.7 Å². The molecule has 4 aromatic heterocycles. The fourth-order valence-electron chi connectivity index (χ4n) is 2.54. The molecule has 0 aliphatic heterocycles. The molecule has 0 saturated carbocycles. The molecule has 0 atom stereocenters. The Kier molecular flexibility index (Phi) is 4.09. The number of thiophene rings is 2. The predicted molar refractivity (Wildman–Crippen MR) is 101 cm³/mol. The molecule has 0 aromatic carbocycles. The normalized spacial score (nSPS) is 11.0. The summed E-state index contributed by atoms with van der Waals surface area (Å²) in [7, 11) is 0. The highest BCUT2D eigenvalue weighted by molar-refractivity contribution is 7.18. The van der Waals surface area contributed by atoms with E-state index >= 15 is 0 Å². The summed E-state index contributed by atoms with van der Waals surface area (Å²) < 4.78 is 5.87.